The molecule has 0 N–H and O–H groups in total. The van der Waals surface area contributed by atoms with Crippen LogP contribution in [0.2, 0.25) is 0 Å². The van der Waals surface area contributed by atoms with Crippen LogP contribution in [0.5, 0.6) is 5.75 Å². The van der Waals surface area contributed by atoms with Crippen LogP contribution in [0.25, 0.3) is 0 Å². The predicted octanol–water partition coefficient (Wildman–Crippen LogP) is 3.74. The lowest BCUT2D eigenvalue weighted by molar-refractivity contribution is -0.139. The van der Waals surface area contributed by atoms with Crippen molar-refractivity contribution in [2.45, 2.75) is 13.0 Å². The summed E-state index contributed by atoms with van der Waals surface area (Å²) in [6.07, 6.45) is 0.195. The Labute approximate surface area is 126 Å². The first-order valence-electron chi connectivity index (χ1n) is 6.21. The predicted molar refractivity (Wildman–Crippen MR) is 80.6 cm³/mol. The molecule has 0 aromatic heterocycles. The van der Waals surface area contributed by atoms with Crippen LogP contribution < -0.4 is 4.74 Å². The second-order valence-corrected chi connectivity index (χ2v) is 5.11. The molecule has 0 saturated heterocycles. The van der Waals surface area contributed by atoms with Gasteiger partial charge in [-0.25, -0.2) is 0 Å². The van der Waals surface area contributed by atoms with Crippen molar-refractivity contribution in [3.63, 3.8) is 0 Å². The third kappa shape index (κ3) is 3.84. The number of hydrogen-bond donors (Lipinski definition) is 0. The Morgan fingerprint density at radius 3 is 2.55 bits per heavy atom. The molecule has 2 rings (SSSR count). The quantitative estimate of drug-likeness (QED) is 0.781. The second-order valence-electron chi connectivity index (χ2n) is 4.26. The lowest BCUT2D eigenvalue weighted by Crippen LogP contribution is -2.07. The highest BCUT2D eigenvalue weighted by Gasteiger charge is 2.12. The number of para-hydroxylation sites is 1. The number of rotatable bonds is 5. The van der Waals surface area contributed by atoms with Crippen LogP contribution in [0.3, 0.4) is 0 Å². The molecule has 0 fully saturated rings. The van der Waals surface area contributed by atoms with E-state index in [0.717, 1.165) is 15.6 Å². The van der Waals surface area contributed by atoms with Crippen molar-refractivity contribution in [1.82, 2.24) is 0 Å². The standard InChI is InChI=1S/C16H15BrO3/c1-19-15(18)10-13-8-5-9-14(17)16(13)20-11-12-6-3-2-4-7-12/h2-9H,10-11H2,1H3. The lowest BCUT2D eigenvalue weighted by atomic mass is 10.1. The van der Waals surface area contributed by atoms with Gasteiger partial charge in [0.15, 0.2) is 0 Å². The summed E-state index contributed by atoms with van der Waals surface area (Å²) in [6.45, 7) is 0.456. The van der Waals surface area contributed by atoms with Gasteiger partial charge in [-0.1, -0.05) is 42.5 Å². The fraction of sp³-hybridized carbons (Fsp3) is 0.188. The average Bonchev–Trinajstić information content (AvgIpc) is 2.47. The van der Waals surface area contributed by atoms with E-state index in [9.17, 15) is 4.79 Å². The van der Waals surface area contributed by atoms with Gasteiger partial charge in [0.2, 0.25) is 0 Å². The van der Waals surface area contributed by atoms with Gasteiger partial charge in [0.25, 0.3) is 0 Å². The van der Waals surface area contributed by atoms with Crippen molar-refractivity contribution in [3.05, 3.63) is 64.1 Å². The molecule has 0 heterocycles. The summed E-state index contributed by atoms with van der Waals surface area (Å²) >= 11 is 3.46. The molecule has 0 amide bonds. The van der Waals surface area contributed by atoms with E-state index in [1.165, 1.54) is 7.11 Å². The normalized spacial score (nSPS) is 10.1. The van der Waals surface area contributed by atoms with E-state index in [4.69, 9.17) is 9.47 Å². The Balaban J connectivity index is 2.15. The molecule has 4 heteroatoms. The van der Waals surface area contributed by atoms with Gasteiger partial charge in [0, 0.05) is 5.56 Å². The fourth-order valence-corrected chi connectivity index (χ4v) is 2.33. The van der Waals surface area contributed by atoms with Crippen LogP contribution >= 0.6 is 15.9 Å². The van der Waals surface area contributed by atoms with Crippen molar-refractivity contribution < 1.29 is 14.3 Å². The van der Waals surface area contributed by atoms with Gasteiger partial charge in [0.1, 0.15) is 12.4 Å². The first-order valence-corrected chi connectivity index (χ1v) is 7.01. The van der Waals surface area contributed by atoms with Crippen LogP contribution in [-0.4, -0.2) is 13.1 Å². The molecule has 0 bridgehead atoms. The molecular formula is C16H15BrO3. The fourth-order valence-electron chi connectivity index (χ4n) is 1.81. The molecule has 0 atom stereocenters. The minimum absolute atomic E-state index is 0.195. The zero-order chi connectivity index (χ0) is 14.4. The zero-order valence-electron chi connectivity index (χ0n) is 11.1. The van der Waals surface area contributed by atoms with Crippen molar-refractivity contribution in [2.24, 2.45) is 0 Å². The molecule has 2 aromatic carbocycles. The third-order valence-corrected chi connectivity index (χ3v) is 3.46. The summed E-state index contributed by atoms with van der Waals surface area (Å²) in [6, 6.07) is 15.5. The highest BCUT2D eigenvalue weighted by Crippen LogP contribution is 2.30. The van der Waals surface area contributed by atoms with Gasteiger partial charge >= 0.3 is 5.97 Å². The Hall–Kier alpha value is -1.81. The molecule has 0 aliphatic heterocycles. The maximum absolute atomic E-state index is 11.4. The van der Waals surface area contributed by atoms with Gasteiger partial charge in [-0.05, 0) is 27.6 Å². The first-order chi connectivity index (χ1) is 9.70. The van der Waals surface area contributed by atoms with E-state index in [0.29, 0.717) is 12.4 Å². The smallest absolute Gasteiger partial charge is 0.310 e. The van der Waals surface area contributed by atoms with Crippen LogP contribution in [0, 0.1) is 0 Å². The SMILES string of the molecule is COC(=O)Cc1cccc(Br)c1OCc1ccccc1. The van der Waals surface area contributed by atoms with E-state index < -0.39 is 0 Å². The van der Waals surface area contributed by atoms with Crippen LogP contribution in [0.4, 0.5) is 0 Å². The Morgan fingerprint density at radius 2 is 1.85 bits per heavy atom. The molecule has 0 saturated carbocycles. The van der Waals surface area contributed by atoms with E-state index in [1.54, 1.807) is 0 Å². The van der Waals surface area contributed by atoms with Gasteiger partial charge in [-0.2, -0.15) is 0 Å². The minimum Gasteiger partial charge on any atom is -0.487 e. The molecule has 3 nitrogen and oxygen atoms in total. The number of methoxy groups -OCH3 is 1. The number of benzene rings is 2. The minimum atomic E-state index is -0.285. The first kappa shape index (κ1) is 14.6. The third-order valence-electron chi connectivity index (χ3n) is 2.84. The van der Waals surface area contributed by atoms with Gasteiger partial charge in [0.05, 0.1) is 18.0 Å². The van der Waals surface area contributed by atoms with Crippen molar-refractivity contribution in [1.29, 1.82) is 0 Å². The summed E-state index contributed by atoms with van der Waals surface area (Å²) < 4.78 is 11.4. The van der Waals surface area contributed by atoms with Crippen LogP contribution in [0.15, 0.2) is 53.0 Å². The summed E-state index contributed by atoms with van der Waals surface area (Å²) in [4.78, 5) is 11.4. The molecule has 2 aromatic rings. The summed E-state index contributed by atoms with van der Waals surface area (Å²) in [5.41, 5.74) is 1.88. The summed E-state index contributed by atoms with van der Waals surface area (Å²) in [5.74, 6) is 0.398. The number of hydrogen-bond acceptors (Lipinski definition) is 3. The Bertz CT molecular complexity index is 582. The van der Waals surface area contributed by atoms with Gasteiger partial charge < -0.3 is 9.47 Å². The van der Waals surface area contributed by atoms with Gasteiger partial charge in [-0.15, -0.1) is 0 Å². The number of esters is 1. The molecule has 0 radical (unpaired) electrons. The largest absolute Gasteiger partial charge is 0.487 e. The maximum atomic E-state index is 11.4. The Kier molecular flexibility index (Phi) is 5.18. The average molecular weight is 335 g/mol. The second kappa shape index (κ2) is 7.10. The summed E-state index contributed by atoms with van der Waals surface area (Å²) in [7, 11) is 1.38. The van der Waals surface area contributed by atoms with E-state index in [2.05, 4.69) is 15.9 Å². The monoisotopic (exact) mass is 334 g/mol. The van der Waals surface area contributed by atoms with E-state index >= 15 is 0 Å². The zero-order valence-corrected chi connectivity index (χ0v) is 12.7. The molecule has 0 spiro atoms. The Morgan fingerprint density at radius 1 is 1.10 bits per heavy atom. The lowest BCUT2D eigenvalue weighted by Gasteiger charge is -2.13. The van der Waals surface area contributed by atoms with Crippen molar-refractivity contribution in [3.8, 4) is 5.75 Å². The number of ether oxygens (including phenoxy) is 2. The van der Waals surface area contributed by atoms with E-state index in [1.807, 2.05) is 48.5 Å². The van der Waals surface area contributed by atoms with Gasteiger partial charge in [-0.3, -0.25) is 4.79 Å². The number of carbonyl (C=O) groups excluding carboxylic acids is 1. The van der Waals surface area contributed by atoms with Crippen LogP contribution in [-0.2, 0) is 22.6 Å². The van der Waals surface area contributed by atoms with Crippen molar-refractivity contribution >= 4 is 21.9 Å². The molecule has 0 aliphatic carbocycles. The summed E-state index contributed by atoms with van der Waals surface area (Å²) in [5, 5.41) is 0. The molecule has 0 unspecified atom stereocenters. The molecular weight excluding hydrogens is 320 g/mol. The van der Waals surface area contributed by atoms with E-state index in [-0.39, 0.29) is 12.4 Å². The molecule has 20 heavy (non-hydrogen) atoms. The maximum Gasteiger partial charge on any atom is 0.310 e. The topological polar surface area (TPSA) is 35.5 Å². The van der Waals surface area contributed by atoms with Crippen LogP contribution in [0.1, 0.15) is 11.1 Å². The highest BCUT2D eigenvalue weighted by molar-refractivity contribution is 9.10. The van der Waals surface area contributed by atoms with Crippen molar-refractivity contribution in [2.75, 3.05) is 7.11 Å². The number of halogens is 1. The molecule has 0 aliphatic rings. The number of carbonyl (C=O) groups is 1. The highest BCUT2D eigenvalue weighted by atomic mass is 79.9. The molecule has 104 valence electrons.